The molecule has 82 valence electrons. The highest BCUT2D eigenvalue weighted by Crippen LogP contribution is 2.16. The number of carbonyl (C=O) groups is 1. The fraction of sp³-hybridized carbons (Fsp3) is 0.417. The van der Waals surface area contributed by atoms with Crippen LogP contribution in [0.15, 0.2) is 24.3 Å². The molecule has 1 aromatic carbocycles. The summed E-state index contributed by atoms with van der Waals surface area (Å²) in [6.45, 7) is 4.02. The molecule has 0 aliphatic rings. The summed E-state index contributed by atoms with van der Waals surface area (Å²) in [5.41, 5.74) is 1.68. The van der Waals surface area contributed by atoms with Crippen LogP contribution < -0.4 is 0 Å². The van der Waals surface area contributed by atoms with Crippen molar-refractivity contribution in [3.05, 3.63) is 35.4 Å². The van der Waals surface area contributed by atoms with Gasteiger partial charge in [-0.15, -0.1) is 0 Å². The van der Waals surface area contributed by atoms with E-state index in [1.54, 1.807) is 13.0 Å². The van der Waals surface area contributed by atoms with Crippen molar-refractivity contribution in [2.24, 2.45) is 0 Å². The number of aryl methyl sites for hydroxylation is 1. The molecule has 15 heavy (non-hydrogen) atoms. The van der Waals surface area contributed by atoms with Crippen LogP contribution in [-0.2, 0) is 16.0 Å². The van der Waals surface area contributed by atoms with Gasteiger partial charge in [-0.2, -0.15) is 0 Å². The van der Waals surface area contributed by atoms with Crippen molar-refractivity contribution in [1.29, 1.82) is 0 Å². The molecule has 0 saturated carbocycles. The molecule has 1 atom stereocenters. The summed E-state index contributed by atoms with van der Waals surface area (Å²) in [5.74, 6) is -0.592. The highest BCUT2D eigenvalue weighted by molar-refractivity contribution is 5.76. The van der Waals surface area contributed by atoms with Crippen LogP contribution in [0.2, 0.25) is 0 Å². The van der Waals surface area contributed by atoms with Crippen LogP contribution in [0.4, 0.5) is 0 Å². The van der Waals surface area contributed by atoms with Crippen molar-refractivity contribution in [2.45, 2.75) is 26.4 Å². The van der Waals surface area contributed by atoms with Crippen molar-refractivity contribution in [3.63, 3.8) is 0 Å². The van der Waals surface area contributed by atoms with E-state index in [0.717, 1.165) is 12.0 Å². The van der Waals surface area contributed by atoms with Gasteiger partial charge < -0.3 is 9.84 Å². The van der Waals surface area contributed by atoms with Crippen LogP contribution in [0.3, 0.4) is 0 Å². The molecule has 0 heterocycles. The topological polar surface area (TPSA) is 46.5 Å². The monoisotopic (exact) mass is 208 g/mol. The lowest BCUT2D eigenvalue weighted by molar-refractivity contribution is -0.153. The van der Waals surface area contributed by atoms with Gasteiger partial charge in [-0.25, -0.2) is 4.79 Å². The third kappa shape index (κ3) is 3.06. The third-order valence-corrected chi connectivity index (χ3v) is 2.18. The second-order valence-electron chi connectivity index (χ2n) is 3.25. The van der Waals surface area contributed by atoms with Crippen molar-refractivity contribution in [2.75, 3.05) is 6.61 Å². The van der Waals surface area contributed by atoms with Crippen LogP contribution in [-0.4, -0.2) is 17.7 Å². The van der Waals surface area contributed by atoms with E-state index in [1.807, 2.05) is 25.1 Å². The second-order valence-corrected chi connectivity index (χ2v) is 3.25. The van der Waals surface area contributed by atoms with Crippen LogP contribution in [0, 0.1) is 0 Å². The first-order chi connectivity index (χ1) is 7.19. The fourth-order valence-electron chi connectivity index (χ4n) is 1.34. The average Bonchev–Trinajstić information content (AvgIpc) is 2.28. The molecule has 1 aromatic rings. The number of benzene rings is 1. The first kappa shape index (κ1) is 11.7. The Balaban J connectivity index is 2.81. The van der Waals surface area contributed by atoms with Crippen LogP contribution in [0.1, 0.15) is 31.1 Å². The lowest BCUT2D eigenvalue weighted by Crippen LogP contribution is -2.15. The second kappa shape index (κ2) is 5.51. The predicted molar refractivity (Wildman–Crippen MR) is 57.4 cm³/mol. The van der Waals surface area contributed by atoms with Gasteiger partial charge in [0, 0.05) is 0 Å². The van der Waals surface area contributed by atoms with Gasteiger partial charge in [0.15, 0.2) is 6.10 Å². The van der Waals surface area contributed by atoms with E-state index in [9.17, 15) is 9.90 Å². The molecule has 0 spiro atoms. The normalized spacial score (nSPS) is 12.2. The maximum atomic E-state index is 11.3. The Bertz CT molecular complexity index is 333. The van der Waals surface area contributed by atoms with E-state index in [0.29, 0.717) is 5.56 Å². The number of ether oxygens (including phenoxy) is 1. The maximum absolute atomic E-state index is 11.3. The van der Waals surface area contributed by atoms with Crippen molar-refractivity contribution in [3.8, 4) is 0 Å². The molecule has 3 heteroatoms. The Labute approximate surface area is 89.7 Å². The summed E-state index contributed by atoms with van der Waals surface area (Å²) in [6, 6.07) is 7.33. The summed E-state index contributed by atoms with van der Waals surface area (Å²) >= 11 is 0. The molecule has 0 saturated heterocycles. The van der Waals surface area contributed by atoms with Crippen LogP contribution in [0.5, 0.6) is 0 Å². The molecule has 0 fully saturated rings. The summed E-state index contributed by atoms with van der Waals surface area (Å²) in [7, 11) is 0. The standard InChI is InChI=1S/C12H16O3/c1-3-9-6-5-7-10(8-9)11(13)12(14)15-4-2/h5-8,11,13H,3-4H2,1-2H3. The number of aliphatic hydroxyl groups excluding tert-OH is 1. The van der Waals surface area contributed by atoms with Gasteiger partial charge in [0.25, 0.3) is 0 Å². The number of aliphatic hydroxyl groups is 1. The van der Waals surface area contributed by atoms with Gasteiger partial charge in [-0.1, -0.05) is 31.2 Å². The molecular weight excluding hydrogens is 192 g/mol. The Hall–Kier alpha value is -1.35. The highest BCUT2D eigenvalue weighted by atomic mass is 16.5. The zero-order chi connectivity index (χ0) is 11.3. The predicted octanol–water partition coefficient (Wildman–Crippen LogP) is 1.85. The maximum Gasteiger partial charge on any atom is 0.339 e. The molecule has 0 aliphatic carbocycles. The first-order valence-electron chi connectivity index (χ1n) is 5.12. The van der Waals surface area contributed by atoms with E-state index in [4.69, 9.17) is 4.74 Å². The van der Waals surface area contributed by atoms with Crippen molar-refractivity contribution >= 4 is 5.97 Å². The Morgan fingerprint density at radius 2 is 2.20 bits per heavy atom. The van der Waals surface area contributed by atoms with Crippen LogP contribution in [0.25, 0.3) is 0 Å². The summed E-state index contributed by atoms with van der Waals surface area (Å²) in [4.78, 5) is 11.3. The zero-order valence-electron chi connectivity index (χ0n) is 9.06. The van der Waals surface area contributed by atoms with E-state index in [-0.39, 0.29) is 6.61 Å². The molecule has 0 aliphatic heterocycles. The Morgan fingerprint density at radius 1 is 1.47 bits per heavy atom. The molecule has 1 N–H and O–H groups in total. The van der Waals surface area contributed by atoms with Gasteiger partial charge in [0.1, 0.15) is 0 Å². The van der Waals surface area contributed by atoms with Gasteiger partial charge in [-0.05, 0) is 24.5 Å². The quantitative estimate of drug-likeness (QED) is 0.768. The molecule has 3 nitrogen and oxygen atoms in total. The van der Waals surface area contributed by atoms with Gasteiger partial charge in [-0.3, -0.25) is 0 Å². The minimum absolute atomic E-state index is 0.281. The Morgan fingerprint density at radius 3 is 2.80 bits per heavy atom. The highest BCUT2D eigenvalue weighted by Gasteiger charge is 2.18. The van der Waals surface area contributed by atoms with E-state index in [2.05, 4.69) is 0 Å². The molecule has 0 radical (unpaired) electrons. The number of hydrogen-bond donors (Lipinski definition) is 1. The SMILES string of the molecule is CCOC(=O)C(O)c1cccc(CC)c1. The minimum Gasteiger partial charge on any atom is -0.464 e. The number of carbonyl (C=O) groups excluding carboxylic acids is 1. The summed E-state index contributed by atoms with van der Waals surface area (Å²) in [6.07, 6.45) is -0.292. The third-order valence-electron chi connectivity index (χ3n) is 2.18. The zero-order valence-corrected chi connectivity index (χ0v) is 9.06. The summed E-state index contributed by atoms with van der Waals surface area (Å²) < 4.78 is 4.74. The van der Waals surface area contributed by atoms with Gasteiger partial charge in [0.2, 0.25) is 0 Å². The van der Waals surface area contributed by atoms with E-state index < -0.39 is 12.1 Å². The smallest absolute Gasteiger partial charge is 0.339 e. The molecule has 1 unspecified atom stereocenters. The van der Waals surface area contributed by atoms with Gasteiger partial charge in [0.05, 0.1) is 6.61 Å². The Kier molecular flexibility index (Phi) is 4.31. The molecule has 1 rings (SSSR count). The molecule has 0 aromatic heterocycles. The lowest BCUT2D eigenvalue weighted by atomic mass is 10.0. The average molecular weight is 208 g/mol. The van der Waals surface area contributed by atoms with Crippen LogP contribution >= 0.6 is 0 Å². The number of rotatable bonds is 4. The number of esters is 1. The van der Waals surface area contributed by atoms with Crippen molar-refractivity contribution < 1.29 is 14.6 Å². The van der Waals surface area contributed by atoms with Crippen molar-refractivity contribution in [1.82, 2.24) is 0 Å². The lowest BCUT2D eigenvalue weighted by Gasteiger charge is -2.10. The van der Waals surface area contributed by atoms with Gasteiger partial charge >= 0.3 is 5.97 Å². The van der Waals surface area contributed by atoms with E-state index >= 15 is 0 Å². The first-order valence-corrected chi connectivity index (χ1v) is 5.12. The molecule has 0 amide bonds. The molecular formula is C12H16O3. The fourth-order valence-corrected chi connectivity index (χ4v) is 1.34. The number of hydrogen-bond acceptors (Lipinski definition) is 3. The largest absolute Gasteiger partial charge is 0.464 e. The minimum atomic E-state index is -1.17. The molecule has 0 bridgehead atoms. The van der Waals surface area contributed by atoms with E-state index in [1.165, 1.54) is 0 Å². The summed E-state index contributed by atoms with van der Waals surface area (Å²) in [5, 5.41) is 9.67.